The zero-order valence-electron chi connectivity index (χ0n) is 8.98. The monoisotopic (exact) mass is 242 g/mol. The van der Waals surface area contributed by atoms with Crippen molar-refractivity contribution < 1.29 is 19.7 Å². The van der Waals surface area contributed by atoms with E-state index in [1.165, 1.54) is 10.9 Å². The number of rotatable bonds is 3. The molecule has 1 aromatic heterocycles. The SMILES string of the molecule is NC(=O)c1c(N)ncn1[C@@H]1C[C@H](O)[C@@H](CO)O1. The fourth-order valence-electron chi connectivity index (χ4n) is 1.90. The fourth-order valence-corrected chi connectivity index (χ4v) is 1.90. The molecule has 1 saturated heterocycles. The van der Waals surface area contributed by atoms with E-state index in [0.717, 1.165) is 0 Å². The van der Waals surface area contributed by atoms with Crippen molar-refractivity contribution in [3.63, 3.8) is 0 Å². The van der Waals surface area contributed by atoms with Crippen LogP contribution in [0.1, 0.15) is 23.1 Å². The van der Waals surface area contributed by atoms with E-state index < -0.39 is 24.3 Å². The second-order valence-corrected chi connectivity index (χ2v) is 3.86. The molecule has 2 rings (SSSR count). The van der Waals surface area contributed by atoms with Gasteiger partial charge in [-0.25, -0.2) is 4.98 Å². The highest BCUT2D eigenvalue weighted by Crippen LogP contribution is 2.30. The van der Waals surface area contributed by atoms with Gasteiger partial charge in [-0.05, 0) is 0 Å². The summed E-state index contributed by atoms with van der Waals surface area (Å²) in [6.07, 6.45) is -0.512. The lowest BCUT2D eigenvalue weighted by atomic mass is 10.2. The molecule has 0 aliphatic carbocycles. The number of carbonyl (C=O) groups excluding carboxylic acids is 1. The lowest BCUT2D eigenvalue weighted by molar-refractivity contribution is -0.0448. The first-order valence-corrected chi connectivity index (χ1v) is 5.11. The fraction of sp³-hybridized carbons (Fsp3) is 0.556. The van der Waals surface area contributed by atoms with E-state index in [-0.39, 0.29) is 24.5 Å². The van der Waals surface area contributed by atoms with E-state index >= 15 is 0 Å². The molecule has 2 heterocycles. The van der Waals surface area contributed by atoms with E-state index in [9.17, 15) is 9.90 Å². The molecule has 1 aromatic rings. The van der Waals surface area contributed by atoms with E-state index in [1.807, 2.05) is 0 Å². The van der Waals surface area contributed by atoms with Gasteiger partial charge in [0.25, 0.3) is 5.91 Å². The molecule has 1 fully saturated rings. The van der Waals surface area contributed by atoms with Crippen molar-refractivity contribution >= 4 is 11.7 Å². The third-order valence-corrected chi connectivity index (χ3v) is 2.75. The number of anilines is 1. The van der Waals surface area contributed by atoms with Crippen LogP contribution in [-0.4, -0.2) is 44.5 Å². The summed E-state index contributed by atoms with van der Waals surface area (Å²) >= 11 is 0. The van der Waals surface area contributed by atoms with E-state index in [1.54, 1.807) is 0 Å². The molecular weight excluding hydrogens is 228 g/mol. The van der Waals surface area contributed by atoms with Crippen molar-refractivity contribution in [2.24, 2.45) is 5.73 Å². The summed E-state index contributed by atoms with van der Waals surface area (Å²) in [5.41, 5.74) is 10.7. The van der Waals surface area contributed by atoms with Crippen LogP contribution in [-0.2, 0) is 4.74 Å². The topological polar surface area (TPSA) is 137 Å². The number of carbonyl (C=O) groups is 1. The predicted molar refractivity (Wildman–Crippen MR) is 56.8 cm³/mol. The van der Waals surface area contributed by atoms with Gasteiger partial charge < -0.3 is 26.4 Å². The molecule has 0 spiro atoms. The van der Waals surface area contributed by atoms with E-state index in [0.29, 0.717) is 0 Å². The highest BCUT2D eigenvalue weighted by molar-refractivity contribution is 5.95. The van der Waals surface area contributed by atoms with Gasteiger partial charge in [-0.15, -0.1) is 0 Å². The summed E-state index contributed by atoms with van der Waals surface area (Å²) in [6.45, 7) is -0.298. The van der Waals surface area contributed by atoms with Gasteiger partial charge in [0.15, 0.2) is 11.5 Å². The van der Waals surface area contributed by atoms with Gasteiger partial charge in [-0.3, -0.25) is 9.36 Å². The number of nitrogens with zero attached hydrogens (tertiary/aromatic N) is 2. The molecule has 8 heteroatoms. The van der Waals surface area contributed by atoms with Crippen LogP contribution in [0, 0.1) is 0 Å². The zero-order chi connectivity index (χ0) is 12.6. The molecule has 0 saturated carbocycles. The van der Waals surface area contributed by atoms with Crippen LogP contribution in [0.4, 0.5) is 5.82 Å². The number of ether oxygens (including phenoxy) is 1. The molecule has 6 N–H and O–H groups in total. The van der Waals surface area contributed by atoms with E-state index in [2.05, 4.69) is 4.98 Å². The van der Waals surface area contributed by atoms with Crippen LogP contribution in [0.3, 0.4) is 0 Å². The Hall–Kier alpha value is -1.64. The number of amides is 1. The minimum Gasteiger partial charge on any atom is -0.394 e. The summed E-state index contributed by atoms with van der Waals surface area (Å²) < 4.78 is 6.74. The van der Waals surface area contributed by atoms with Gasteiger partial charge in [0, 0.05) is 6.42 Å². The molecule has 0 radical (unpaired) electrons. The molecule has 0 bridgehead atoms. The van der Waals surface area contributed by atoms with Gasteiger partial charge in [0.2, 0.25) is 0 Å². The van der Waals surface area contributed by atoms with E-state index in [4.69, 9.17) is 21.3 Å². The Morgan fingerprint density at radius 1 is 1.71 bits per heavy atom. The Morgan fingerprint density at radius 2 is 2.41 bits per heavy atom. The summed E-state index contributed by atoms with van der Waals surface area (Å²) in [5.74, 6) is -0.700. The van der Waals surface area contributed by atoms with Crippen molar-refractivity contribution in [3.8, 4) is 0 Å². The predicted octanol–water partition coefficient (Wildman–Crippen LogP) is -1.80. The van der Waals surface area contributed by atoms with Crippen molar-refractivity contribution in [2.75, 3.05) is 12.3 Å². The van der Waals surface area contributed by atoms with Crippen LogP contribution in [0.2, 0.25) is 0 Å². The summed E-state index contributed by atoms with van der Waals surface area (Å²) in [6, 6.07) is 0. The number of hydrogen-bond donors (Lipinski definition) is 4. The molecule has 1 amide bonds. The maximum atomic E-state index is 11.2. The molecule has 0 unspecified atom stereocenters. The molecular formula is C9H14N4O4. The first kappa shape index (κ1) is 11.8. The number of hydrogen-bond acceptors (Lipinski definition) is 6. The van der Waals surface area contributed by atoms with Crippen molar-refractivity contribution in [1.29, 1.82) is 0 Å². The average molecular weight is 242 g/mol. The number of imidazole rings is 1. The van der Waals surface area contributed by atoms with Crippen LogP contribution < -0.4 is 11.5 Å². The number of nitrogen functional groups attached to an aromatic ring is 1. The summed E-state index contributed by atoms with van der Waals surface area (Å²) in [5, 5.41) is 18.5. The first-order chi connectivity index (χ1) is 8.04. The Bertz CT molecular complexity index is 433. The van der Waals surface area contributed by atoms with Crippen LogP contribution in [0.5, 0.6) is 0 Å². The van der Waals surface area contributed by atoms with Gasteiger partial charge in [-0.1, -0.05) is 0 Å². The summed E-state index contributed by atoms with van der Waals surface area (Å²) in [4.78, 5) is 15.0. The van der Waals surface area contributed by atoms with Crippen LogP contribution in [0.25, 0.3) is 0 Å². The maximum absolute atomic E-state index is 11.2. The smallest absolute Gasteiger partial charge is 0.269 e. The molecule has 8 nitrogen and oxygen atoms in total. The highest BCUT2D eigenvalue weighted by Gasteiger charge is 2.36. The third kappa shape index (κ3) is 1.97. The van der Waals surface area contributed by atoms with Crippen LogP contribution in [0.15, 0.2) is 6.33 Å². The maximum Gasteiger partial charge on any atom is 0.269 e. The highest BCUT2D eigenvalue weighted by atomic mass is 16.5. The largest absolute Gasteiger partial charge is 0.394 e. The Morgan fingerprint density at radius 3 is 2.94 bits per heavy atom. The van der Waals surface area contributed by atoms with Gasteiger partial charge in [0.1, 0.15) is 12.3 Å². The lowest BCUT2D eigenvalue weighted by Crippen LogP contribution is -2.24. The second-order valence-electron chi connectivity index (χ2n) is 3.86. The molecule has 17 heavy (non-hydrogen) atoms. The van der Waals surface area contributed by atoms with Crippen molar-refractivity contribution in [1.82, 2.24) is 9.55 Å². The minimum absolute atomic E-state index is 0.0167. The Balaban J connectivity index is 2.27. The number of nitrogens with two attached hydrogens (primary N) is 2. The number of aromatic nitrogens is 2. The number of aliphatic hydroxyl groups is 2. The van der Waals surface area contributed by atoms with Crippen LogP contribution >= 0.6 is 0 Å². The second kappa shape index (κ2) is 4.32. The lowest BCUT2D eigenvalue weighted by Gasteiger charge is -2.14. The first-order valence-electron chi connectivity index (χ1n) is 5.11. The molecule has 0 aromatic carbocycles. The standard InChI is InChI=1S/C9H14N4O4/c10-8-7(9(11)16)13(3-12-8)6-1-4(15)5(2-14)17-6/h3-6,14-15H,1-2,10H2,(H2,11,16)/t4-,5+,6-/m0/s1. The number of primary amides is 1. The minimum atomic E-state index is -0.797. The van der Waals surface area contributed by atoms with Gasteiger partial charge >= 0.3 is 0 Å². The molecule has 1 aliphatic rings. The van der Waals surface area contributed by atoms with Gasteiger partial charge in [-0.2, -0.15) is 0 Å². The Labute approximate surface area is 96.8 Å². The normalized spacial score (nSPS) is 28.5. The van der Waals surface area contributed by atoms with Gasteiger partial charge in [0.05, 0.1) is 19.0 Å². The third-order valence-electron chi connectivity index (χ3n) is 2.75. The van der Waals surface area contributed by atoms with Crippen molar-refractivity contribution in [3.05, 3.63) is 12.0 Å². The molecule has 1 aliphatic heterocycles. The van der Waals surface area contributed by atoms with Crippen molar-refractivity contribution in [2.45, 2.75) is 24.9 Å². The molecule has 3 atom stereocenters. The summed E-state index contributed by atoms with van der Waals surface area (Å²) in [7, 11) is 0. The number of aliphatic hydroxyl groups excluding tert-OH is 2. The molecule has 94 valence electrons. The Kier molecular flexibility index (Phi) is 3.01. The quantitative estimate of drug-likeness (QED) is 0.494. The average Bonchev–Trinajstić information content (AvgIpc) is 2.81. The zero-order valence-corrected chi connectivity index (χ0v) is 8.98.